The predicted molar refractivity (Wildman–Crippen MR) is 124 cm³/mol. The number of nitrogens with zero attached hydrogens (tertiary/aromatic N) is 3. The number of alkyl halides is 2. The Hall–Kier alpha value is -1.77. The summed E-state index contributed by atoms with van der Waals surface area (Å²) >= 11 is 0. The summed E-state index contributed by atoms with van der Waals surface area (Å²) in [5.74, 6) is -2.92. The first kappa shape index (κ1) is 24.4. The first-order chi connectivity index (χ1) is 15.7. The molecule has 2 saturated heterocycles. The Balaban J connectivity index is 1.39. The van der Waals surface area contributed by atoms with Crippen LogP contribution in [0.3, 0.4) is 0 Å². The van der Waals surface area contributed by atoms with E-state index in [4.69, 9.17) is 0 Å². The Morgan fingerprint density at radius 1 is 1.03 bits per heavy atom. The van der Waals surface area contributed by atoms with Crippen LogP contribution in [-0.2, 0) is 5.60 Å². The van der Waals surface area contributed by atoms with E-state index < -0.39 is 23.6 Å². The van der Waals surface area contributed by atoms with Gasteiger partial charge in [-0.3, -0.25) is 9.80 Å². The number of hydrogen-bond acceptors (Lipinski definition) is 4. The number of piperidine rings is 1. The lowest BCUT2D eigenvalue weighted by molar-refractivity contribution is -0.0979. The van der Waals surface area contributed by atoms with Gasteiger partial charge in [-0.1, -0.05) is 30.3 Å². The smallest absolute Gasteiger partial charge is 0.317 e. The zero-order chi connectivity index (χ0) is 23.6. The summed E-state index contributed by atoms with van der Waals surface area (Å²) in [5, 5.41) is 13.8. The fraction of sp³-hybridized carbons (Fsp3) is 0.720. The molecule has 3 fully saturated rings. The average molecular weight is 465 g/mol. The van der Waals surface area contributed by atoms with Crippen LogP contribution >= 0.6 is 0 Å². The Bertz CT molecular complexity index is 791. The largest absolute Gasteiger partial charge is 0.385 e. The normalized spacial score (nSPS) is 28.6. The molecule has 1 aliphatic carbocycles. The van der Waals surface area contributed by atoms with E-state index in [1.807, 2.05) is 30.3 Å². The van der Waals surface area contributed by atoms with Gasteiger partial charge in [0.15, 0.2) is 0 Å². The number of likely N-dealkylation sites (tertiary alicyclic amines) is 1. The van der Waals surface area contributed by atoms with Crippen molar-refractivity contribution in [2.45, 2.75) is 75.6 Å². The first-order valence-electron chi connectivity index (χ1n) is 12.4. The SMILES string of the molecule is CC(C)N1CCN([C@H]2CCCC(F)(F)[C@@H]2NC(=O)N2CCC(O)(c3ccccc3)CC2)CC1. The molecule has 0 bridgehead atoms. The quantitative estimate of drug-likeness (QED) is 0.718. The van der Waals surface area contributed by atoms with Crippen LogP contribution in [0.15, 0.2) is 30.3 Å². The van der Waals surface area contributed by atoms with Gasteiger partial charge in [-0.2, -0.15) is 0 Å². The number of piperazine rings is 1. The minimum atomic E-state index is -2.92. The maximum atomic E-state index is 15.0. The molecule has 2 aliphatic heterocycles. The molecule has 1 saturated carbocycles. The third-order valence-electron chi connectivity index (χ3n) is 7.87. The van der Waals surface area contributed by atoms with Gasteiger partial charge in [-0.05, 0) is 45.1 Å². The van der Waals surface area contributed by atoms with E-state index in [0.717, 1.165) is 31.7 Å². The maximum Gasteiger partial charge on any atom is 0.317 e. The second kappa shape index (κ2) is 9.84. The number of rotatable bonds is 4. The fourth-order valence-electron chi connectivity index (χ4n) is 5.67. The monoisotopic (exact) mass is 464 g/mol. The molecule has 2 amide bonds. The van der Waals surface area contributed by atoms with Gasteiger partial charge in [0.05, 0.1) is 5.60 Å². The summed E-state index contributed by atoms with van der Waals surface area (Å²) < 4.78 is 30.1. The zero-order valence-corrected chi connectivity index (χ0v) is 19.9. The lowest BCUT2D eigenvalue weighted by atomic mass is 9.84. The molecule has 0 aromatic heterocycles. The van der Waals surface area contributed by atoms with Gasteiger partial charge >= 0.3 is 6.03 Å². The molecular formula is C25H38F2N4O2. The number of amides is 2. The summed E-state index contributed by atoms with van der Waals surface area (Å²) in [5.41, 5.74) is -0.143. The summed E-state index contributed by atoms with van der Waals surface area (Å²) in [6.07, 6.45) is 1.75. The van der Waals surface area contributed by atoms with Crippen molar-refractivity contribution in [3.63, 3.8) is 0 Å². The topological polar surface area (TPSA) is 59.0 Å². The minimum absolute atomic E-state index is 0.186. The highest BCUT2D eigenvalue weighted by Gasteiger charge is 2.50. The van der Waals surface area contributed by atoms with Crippen molar-refractivity contribution in [2.24, 2.45) is 0 Å². The van der Waals surface area contributed by atoms with Crippen LogP contribution in [-0.4, -0.2) is 89.2 Å². The summed E-state index contributed by atoms with van der Waals surface area (Å²) in [7, 11) is 0. The van der Waals surface area contributed by atoms with Crippen LogP contribution in [0.2, 0.25) is 0 Å². The highest BCUT2D eigenvalue weighted by atomic mass is 19.3. The maximum absolute atomic E-state index is 15.0. The molecule has 2 atom stereocenters. The van der Waals surface area contributed by atoms with Crippen LogP contribution in [0.25, 0.3) is 0 Å². The van der Waals surface area contributed by atoms with E-state index in [-0.39, 0.29) is 12.5 Å². The number of benzene rings is 1. The molecule has 8 heteroatoms. The van der Waals surface area contributed by atoms with E-state index in [1.54, 1.807) is 4.90 Å². The van der Waals surface area contributed by atoms with Gasteiger partial charge in [0.1, 0.15) is 6.04 Å². The highest BCUT2D eigenvalue weighted by molar-refractivity contribution is 5.75. The third-order valence-corrected chi connectivity index (χ3v) is 7.87. The van der Waals surface area contributed by atoms with Gasteiger partial charge in [-0.25, -0.2) is 13.6 Å². The predicted octanol–water partition coefficient (Wildman–Crippen LogP) is 3.26. The number of nitrogens with one attached hydrogen (secondary N) is 1. The minimum Gasteiger partial charge on any atom is -0.385 e. The summed E-state index contributed by atoms with van der Waals surface area (Å²) in [4.78, 5) is 19.1. The Morgan fingerprint density at radius 2 is 1.67 bits per heavy atom. The number of hydrogen-bond donors (Lipinski definition) is 2. The molecule has 0 radical (unpaired) electrons. The van der Waals surface area contributed by atoms with Crippen molar-refractivity contribution in [3.05, 3.63) is 35.9 Å². The van der Waals surface area contributed by atoms with Crippen LogP contribution in [0.5, 0.6) is 0 Å². The number of carbonyl (C=O) groups excluding carboxylic acids is 1. The first-order valence-corrected chi connectivity index (χ1v) is 12.4. The van der Waals surface area contributed by atoms with Gasteiger partial charge < -0.3 is 15.3 Å². The van der Waals surface area contributed by atoms with Gasteiger partial charge in [0, 0.05) is 57.8 Å². The van der Waals surface area contributed by atoms with Crippen molar-refractivity contribution in [3.8, 4) is 0 Å². The molecule has 2 heterocycles. The van der Waals surface area contributed by atoms with Crippen LogP contribution < -0.4 is 5.32 Å². The zero-order valence-electron chi connectivity index (χ0n) is 19.9. The van der Waals surface area contributed by atoms with Crippen LogP contribution in [0, 0.1) is 0 Å². The van der Waals surface area contributed by atoms with Crippen molar-refractivity contribution in [1.82, 2.24) is 20.0 Å². The molecule has 0 unspecified atom stereocenters. The molecule has 3 aliphatic rings. The Morgan fingerprint density at radius 3 is 2.27 bits per heavy atom. The average Bonchev–Trinajstić information content (AvgIpc) is 2.81. The van der Waals surface area contributed by atoms with E-state index >= 15 is 8.78 Å². The molecule has 1 aromatic rings. The molecule has 6 nitrogen and oxygen atoms in total. The Labute approximate surface area is 195 Å². The van der Waals surface area contributed by atoms with E-state index in [2.05, 4.69) is 29.0 Å². The third kappa shape index (κ3) is 5.33. The Kier molecular flexibility index (Phi) is 7.26. The number of carbonyl (C=O) groups is 1. The lowest BCUT2D eigenvalue weighted by Crippen LogP contribution is -2.66. The molecule has 4 rings (SSSR count). The molecule has 0 spiro atoms. The van der Waals surface area contributed by atoms with Crippen LogP contribution in [0.1, 0.15) is 51.5 Å². The second-order valence-electron chi connectivity index (χ2n) is 10.2. The molecule has 2 N–H and O–H groups in total. The standard InChI is InChI=1S/C25H38F2N4O2/c1-19(2)29-15-17-30(18-16-29)21-9-6-10-25(26,27)22(21)28-23(32)31-13-11-24(33,12-14-31)20-7-4-3-5-8-20/h3-5,7-8,19,21-22,33H,6,9-18H2,1-2H3,(H,28,32)/t21-,22+/m0/s1. The van der Waals surface area contributed by atoms with Crippen molar-refractivity contribution >= 4 is 6.03 Å². The van der Waals surface area contributed by atoms with E-state index in [9.17, 15) is 9.90 Å². The lowest BCUT2D eigenvalue weighted by Gasteiger charge is -2.48. The fourth-order valence-corrected chi connectivity index (χ4v) is 5.67. The summed E-state index contributed by atoms with van der Waals surface area (Å²) in [6.45, 7) is 8.23. The van der Waals surface area contributed by atoms with Crippen LogP contribution in [0.4, 0.5) is 13.6 Å². The van der Waals surface area contributed by atoms with Crippen molar-refractivity contribution < 1.29 is 18.7 Å². The van der Waals surface area contributed by atoms with Gasteiger partial charge in [0.2, 0.25) is 0 Å². The molecule has 184 valence electrons. The molecule has 33 heavy (non-hydrogen) atoms. The van der Waals surface area contributed by atoms with E-state index in [1.165, 1.54) is 0 Å². The van der Waals surface area contributed by atoms with Crippen molar-refractivity contribution in [2.75, 3.05) is 39.3 Å². The highest BCUT2D eigenvalue weighted by Crippen LogP contribution is 2.37. The summed E-state index contributed by atoms with van der Waals surface area (Å²) in [6, 6.07) is 7.93. The number of urea groups is 1. The number of halogens is 2. The molecular weight excluding hydrogens is 426 g/mol. The number of aliphatic hydroxyl groups is 1. The van der Waals surface area contributed by atoms with Gasteiger partial charge in [0.25, 0.3) is 5.92 Å². The van der Waals surface area contributed by atoms with E-state index in [0.29, 0.717) is 44.8 Å². The van der Waals surface area contributed by atoms with Crippen molar-refractivity contribution in [1.29, 1.82) is 0 Å². The van der Waals surface area contributed by atoms with Gasteiger partial charge in [-0.15, -0.1) is 0 Å². The second-order valence-corrected chi connectivity index (χ2v) is 10.2. The molecule has 1 aromatic carbocycles.